The molecule has 0 aliphatic carbocycles. The van der Waals surface area contributed by atoms with Gasteiger partial charge < -0.3 is 39.9 Å². The number of thioether (sulfide) groups is 1. The van der Waals surface area contributed by atoms with Crippen molar-refractivity contribution in [3.63, 3.8) is 0 Å². The van der Waals surface area contributed by atoms with Crippen molar-refractivity contribution in [2.45, 2.75) is 69.5 Å². The standard InChI is InChI=1S/C39H47ClN8O6S/c1-21(2)31(45-39(52)54-5)37(50)47-17-7-8-29(47)35-44-32(33(40)46-35)26-15-11-24(12-16-26)23-9-13-25(14-10-23)28-19-41-34(43-28)30-18-27(55-6)20-48(30)36(49)22(3)42-38(51)53-4/h9-16,19,21-22,27,29-31H,7-8,17-18,20H2,1-6H3,(H,41,43)(H,42,51)(H,44,46)(H,45,52)/t22-,27-,29-,30-,31-/m0/s1. The summed E-state index contributed by atoms with van der Waals surface area (Å²) in [6.45, 7) is 6.53. The minimum absolute atomic E-state index is 0.134. The molecule has 2 aromatic carbocycles. The molecule has 2 aliphatic heterocycles. The van der Waals surface area contributed by atoms with Gasteiger partial charge in [0.25, 0.3) is 0 Å². The summed E-state index contributed by atoms with van der Waals surface area (Å²) in [5, 5.41) is 5.89. The number of nitrogens with zero attached hydrogens (tertiary/aromatic N) is 4. The van der Waals surface area contributed by atoms with Gasteiger partial charge in [0.1, 0.15) is 34.6 Å². The normalized spacial score (nSPS) is 19.3. The third-order valence-corrected chi connectivity index (χ3v) is 11.6. The van der Waals surface area contributed by atoms with Gasteiger partial charge >= 0.3 is 12.2 Å². The van der Waals surface area contributed by atoms with Crippen molar-refractivity contribution in [2.75, 3.05) is 33.6 Å². The van der Waals surface area contributed by atoms with E-state index in [-0.39, 0.29) is 35.1 Å². The maximum Gasteiger partial charge on any atom is 0.407 e. The first-order valence-corrected chi connectivity index (χ1v) is 19.9. The zero-order chi connectivity index (χ0) is 39.4. The van der Waals surface area contributed by atoms with Gasteiger partial charge in [0, 0.05) is 23.9 Å². The number of H-pyrrole nitrogens is 2. The van der Waals surface area contributed by atoms with E-state index in [2.05, 4.69) is 30.3 Å². The summed E-state index contributed by atoms with van der Waals surface area (Å²) in [4.78, 5) is 70.3. The number of aromatic nitrogens is 4. The summed E-state index contributed by atoms with van der Waals surface area (Å²) >= 11 is 8.40. The maximum absolute atomic E-state index is 13.6. The maximum atomic E-state index is 13.6. The molecule has 4 aromatic rings. The molecule has 0 spiro atoms. The van der Waals surface area contributed by atoms with Crippen LogP contribution in [0.4, 0.5) is 9.59 Å². The number of rotatable bonds is 11. The highest BCUT2D eigenvalue weighted by Gasteiger charge is 2.40. The number of imidazole rings is 2. The molecule has 2 fully saturated rings. The summed E-state index contributed by atoms with van der Waals surface area (Å²) in [7, 11) is 2.55. The fourth-order valence-electron chi connectivity index (χ4n) is 7.24. The Bertz CT molecular complexity index is 2000. The number of carbonyl (C=O) groups excluding carboxylic acids is 4. The molecule has 55 heavy (non-hydrogen) atoms. The predicted molar refractivity (Wildman–Crippen MR) is 211 cm³/mol. The molecule has 0 bridgehead atoms. The Balaban J connectivity index is 1.13. The number of hydrogen-bond donors (Lipinski definition) is 4. The minimum atomic E-state index is -0.734. The van der Waals surface area contributed by atoms with Crippen molar-refractivity contribution in [3.8, 4) is 33.6 Å². The first-order valence-electron chi connectivity index (χ1n) is 18.3. The van der Waals surface area contributed by atoms with E-state index >= 15 is 0 Å². The zero-order valence-electron chi connectivity index (χ0n) is 31.7. The smallest absolute Gasteiger partial charge is 0.407 e. The molecule has 0 radical (unpaired) electrons. The van der Waals surface area contributed by atoms with E-state index < -0.39 is 24.3 Å². The number of likely N-dealkylation sites (tertiary alicyclic amines) is 2. The average molecular weight is 791 g/mol. The number of nitrogens with one attached hydrogen (secondary N) is 4. The van der Waals surface area contributed by atoms with Crippen molar-refractivity contribution in [1.82, 2.24) is 40.4 Å². The number of ether oxygens (including phenoxy) is 2. The zero-order valence-corrected chi connectivity index (χ0v) is 33.3. The predicted octanol–water partition coefficient (Wildman–Crippen LogP) is 6.58. The largest absolute Gasteiger partial charge is 0.453 e. The SMILES string of the molecule is COC(=O)N[C@@H](C)C(=O)N1C[C@@H](SC)C[C@H]1c1ncc(-c2ccc(-c3ccc(-c4nc([C@@H]5CCCN5C(=O)[C@@H](NC(=O)OC)C(C)C)[nH]c4Cl)cc3)cc2)[nH]1. The van der Waals surface area contributed by atoms with E-state index in [4.69, 9.17) is 21.3 Å². The molecule has 16 heteroatoms. The van der Waals surface area contributed by atoms with Gasteiger partial charge in [-0.1, -0.05) is 74.0 Å². The van der Waals surface area contributed by atoms with Crippen molar-refractivity contribution >= 4 is 47.4 Å². The number of benzene rings is 2. The first kappa shape index (κ1) is 39.7. The quantitative estimate of drug-likeness (QED) is 0.131. The Hall–Kier alpha value is -5.02. The Labute approximate surface area is 329 Å². The van der Waals surface area contributed by atoms with E-state index in [9.17, 15) is 19.2 Å². The van der Waals surface area contributed by atoms with Crippen LogP contribution in [0.2, 0.25) is 5.15 Å². The van der Waals surface area contributed by atoms with Gasteiger partial charge in [-0.05, 0) is 55.1 Å². The molecule has 14 nitrogen and oxygen atoms in total. The summed E-state index contributed by atoms with van der Waals surface area (Å²) in [5.41, 5.74) is 5.25. The van der Waals surface area contributed by atoms with Crippen LogP contribution in [0.25, 0.3) is 33.6 Å². The molecular weight excluding hydrogens is 744 g/mol. The summed E-state index contributed by atoms with van der Waals surface area (Å²) in [6, 6.07) is 14.1. The second kappa shape index (κ2) is 17.2. The van der Waals surface area contributed by atoms with E-state index in [0.717, 1.165) is 47.2 Å². The van der Waals surface area contributed by atoms with Gasteiger partial charge in [-0.3, -0.25) is 9.59 Å². The second-order valence-corrected chi connectivity index (χ2v) is 15.6. The molecule has 4 N–H and O–H groups in total. The second-order valence-electron chi connectivity index (χ2n) is 14.1. The van der Waals surface area contributed by atoms with E-state index in [1.54, 1.807) is 34.7 Å². The van der Waals surface area contributed by atoms with Crippen molar-refractivity contribution in [2.24, 2.45) is 5.92 Å². The number of amides is 4. The highest BCUT2D eigenvalue weighted by Crippen LogP contribution is 2.38. The Kier molecular flexibility index (Phi) is 12.4. The number of alkyl carbamates (subject to hydrolysis) is 2. The lowest BCUT2D eigenvalue weighted by Crippen LogP contribution is -2.51. The lowest BCUT2D eigenvalue weighted by molar-refractivity contribution is -0.135. The molecule has 5 atom stereocenters. The Morgan fingerprint density at radius 1 is 0.836 bits per heavy atom. The minimum Gasteiger partial charge on any atom is -0.453 e. The lowest BCUT2D eigenvalue weighted by atomic mass is 10.0. The van der Waals surface area contributed by atoms with Gasteiger partial charge in [0.05, 0.1) is 38.2 Å². The van der Waals surface area contributed by atoms with Gasteiger partial charge in [-0.2, -0.15) is 11.8 Å². The van der Waals surface area contributed by atoms with Crippen LogP contribution in [0.3, 0.4) is 0 Å². The number of hydrogen-bond acceptors (Lipinski definition) is 9. The van der Waals surface area contributed by atoms with Crippen LogP contribution < -0.4 is 10.6 Å². The average Bonchev–Trinajstić information content (AvgIpc) is 4.02. The van der Waals surface area contributed by atoms with E-state index in [1.807, 2.05) is 68.6 Å². The molecule has 4 heterocycles. The third kappa shape index (κ3) is 8.62. The first-order chi connectivity index (χ1) is 26.4. The van der Waals surface area contributed by atoms with Crippen LogP contribution in [0, 0.1) is 5.92 Å². The van der Waals surface area contributed by atoms with Gasteiger partial charge in [0.15, 0.2) is 0 Å². The Morgan fingerprint density at radius 2 is 1.45 bits per heavy atom. The highest BCUT2D eigenvalue weighted by molar-refractivity contribution is 7.99. The summed E-state index contributed by atoms with van der Waals surface area (Å²) in [5.74, 6) is 0.805. The molecule has 6 rings (SSSR count). The number of halogens is 1. The number of carbonyl (C=O) groups is 4. The molecule has 0 unspecified atom stereocenters. The van der Waals surface area contributed by atoms with Gasteiger partial charge in [0.2, 0.25) is 11.8 Å². The third-order valence-electron chi connectivity index (χ3n) is 10.3. The van der Waals surface area contributed by atoms with Crippen LogP contribution >= 0.6 is 23.4 Å². The topological polar surface area (TPSA) is 175 Å². The monoisotopic (exact) mass is 790 g/mol. The van der Waals surface area contributed by atoms with Gasteiger partial charge in [-0.15, -0.1) is 0 Å². The van der Waals surface area contributed by atoms with Crippen molar-refractivity contribution in [3.05, 3.63) is 71.5 Å². The molecule has 4 amide bonds. The van der Waals surface area contributed by atoms with Crippen molar-refractivity contribution in [1.29, 1.82) is 0 Å². The highest BCUT2D eigenvalue weighted by atomic mass is 35.5. The summed E-state index contributed by atoms with van der Waals surface area (Å²) < 4.78 is 9.43. The number of methoxy groups -OCH3 is 2. The van der Waals surface area contributed by atoms with Crippen LogP contribution in [-0.2, 0) is 19.1 Å². The van der Waals surface area contributed by atoms with E-state index in [1.165, 1.54) is 14.2 Å². The van der Waals surface area contributed by atoms with Crippen LogP contribution in [0.15, 0.2) is 54.7 Å². The lowest BCUT2D eigenvalue weighted by Gasteiger charge is -2.29. The Morgan fingerprint density at radius 3 is 2.07 bits per heavy atom. The molecule has 0 saturated carbocycles. The molecule has 292 valence electrons. The van der Waals surface area contributed by atoms with E-state index in [0.29, 0.717) is 35.6 Å². The van der Waals surface area contributed by atoms with Crippen molar-refractivity contribution < 1.29 is 28.7 Å². The van der Waals surface area contributed by atoms with Crippen LogP contribution in [0.5, 0.6) is 0 Å². The molecule has 2 saturated heterocycles. The molecule has 2 aromatic heterocycles. The molecule has 2 aliphatic rings. The summed E-state index contributed by atoms with van der Waals surface area (Å²) in [6.07, 6.45) is 4.80. The fourth-order valence-corrected chi connectivity index (χ4v) is 8.18. The number of aromatic amines is 2. The fraction of sp³-hybridized carbons (Fsp3) is 0.436. The van der Waals surface area contributed by atoms with Crippen LogP contribution in [0.1, 0.15) is 63.8 Å². The molecular formula is C39H47ClN8O6S. The van der Waals surface area contributed by atoms with Gasteiger partial charge in [-0.25, -0.2) is 19.6 Å². The van der Waals surface area contributed by atoms with Crippen LogP contribution in [-0.4, -0.2) is 105 Å².